The summed E-state index contributed by atoms with van der Waals surface area (Å²) < 4.78 is 1.47. The second-order valence-electron chi connectivity index (χ2n) is 5.30. The van der Waals surface area contributed by atoms with Gasteiger partial charge in [0.05, 0.1) is 17.6 Å². The van der Waals surface area contributed by atoms with Crippen LogP contribution in [0.15, 0.2) is 0 Å². The smallest absolute Gasteiger partial charge is 0.334 e. The summed E-state index contributed by atoms with van der Waals surface area (Å²) in [5.41, 5.74) is 0.451. The molecule has 1 atom stereocenters. The molecule has 0 spiro atoms. The van der Waals surface area contributed by atoms with Crippen LogP contribution in [0, 0.1) is 16.0 Å². The standard InChI is InChI=1S/C12H22N4O3/c1-7(2)9(6-17)13-12-11(16(18)19)10(8(3)4)14-15(12)5/h7-9,13,17H,6H2,1-5H3/t9-/m1/s1. The van der Waals surface area contributed by atoms with Gasteiger partial charge in [0.2, 0.25) is 5.82 Å². The van der Waals surface area contributed by atoms with Crippen molar-refractivity contribution in [2.24, 2.45) is 13.0 Å². The number of anilines is 1. The van der Waals surface area contributed by atoms with Crippen molar-refractivity contribution in [3.8, 4) is 0 Å². The number of nitrogens with one attached hydrogen (secondary N) is 1. The van der Waals surface area contributed by atoms with Gasteiger partial charge in [0.25, 0.3) is 0 Å². The van der Waals surface area contributed by atoms with Gasteiger partial charge in [0.1, 0.15) is 5.69 Å². The molecule has 108 valence electrons. The fourth-order valence-corrected chi connectivity index (χ4v) is 1.86. The van der Waals surface area contributed by atoms with Gasteiger partial charge in [0.15, 0.2) is 0 Å². The number of nitro groups is 1. The van der Waals surface area contributed by atoms with Crippen molar-refractivity contribution in [3.05, 3.63) is 15.8 Å². The highest BCUT2D eigenvalue weighted by molar-refractivity contribution is 5.61. The van der Waals surface area contributed by atoms with Crippen LogP contribution in [-0.2, 0) is 7.05 Å². The minimum absolute atomic E-state index is 0.00315. The molecule has 7 nitrogen and oxygen atoms in total. The first-order valence-electron chi connectivity index (χ1n) is 6.38. The van der Waals surface area contributed by atoms with Crippen molar-refractivity contribution in [3.63, 3.8) is 0 Å². The largest absolute Gasteiger partial charge is 0.394 e. The Labute approximate surface area is 112 Å². The van der Waals surface area contributed by atoms with Gasteiger partial charge in [-0.2, -0.15) is 5.10 Å². The zero-order valence-electron chi connectivity index (χ0n) is 12.0. The third kappa shape index (κ3) is 3.23. The number of hydrogen-bond acceptors (Lipinski definition) is 5. The van der Waals surface area contributed by atoms with Gasteiger partial charge in [-0.3, -0.25) is 10.1 Å². The maximum Gasteiger partial charge on any atom is 0.334 e. The summed E-state index contributed by atoms with van der Waals surface area (Å²) in [6.45, 7) is 7.53. The lowest BCUT2D eigenvalue weighted by Crippen LogP contribution is -2.30. The van der Waals surface area contributed by atoms with Crippen LogP contribution in [-0.4, -0.2) is 32.5 Å². The van der Waals surface area contributed by atoms with Gasteiger partial charge in [-0.1, -0.05) is 27.7 Å². The van der Waals surface area contributed by atoms with Crippen LogP contribution in [0.2, 0.25) is 0 Å². The molecule has 0 amide bonds. The molecule has 0 saturated carbocycles. The van der Waals surface area contributed by atoms with Crippen LogP contribution in [0.25, 0.3) is 0 Å². The summed E-state index contributed by atoms with van der Waals surface area (Å²) >= 11 is 0. The first-order chi connectivity index (χ1) is 8.79. The zero-order valence-corrected chi connectivity index (χ0v) is 12.0. The number of nitrogens with zero attached hydrogens (tertiary/aromatic N) is 3. The summed E-state index contributed by atoms with van der Waals surface area (Å²) in [6.07, 6.45) is 0. The van der Waals surface area contributed by atoms with E-state index in [0.717, 1.165) is 0 Å². The highest BCUT2D eigenvalue weighted by Gasteiger charge is 2.30. The third-order valence-electron chi connectivity index (χ3n) is 3.10. The Balaban J connectivity index is 3.23. The average molecular weight is 270 g/mol. The van der Waals surface area contributed by atoms with Gasteiger partial charge < -0.3 is 10.4 Å². The Kier molecular flexibility index (Phi) is 4.88. The minimum atomic E-state index is -0.417. The average Bonchev–Trinajstić information content (AvgIpc) is 2.63. The maximum atomic E-state index is 11.2. The molecule has 0 aromatic carbocycles. The maximum absolute atomic E-state index is 11.2. The molecule has 0 radical (unpaired) electrons. The molecule has 1 aromatic heterocycles. The fraction of sp³-hybridized carbons (Fsp3) is 0.750. The SMILES string of the molecule is CC(C)c1nn(C)c(N[C@H](CO)C(C)C)c1[N+](=O)[O-]. The molecule has 2 N–H and O–H groups in total. The summed E-state index contributed by atoms with van der Waals surface area (Å²) in [4.78, 5) is 10.8. The highest BCUT2D eigenvalue weighted by atomic mass is 16.6. The fourth-order valence-electron chi connectivity index (χ4n) is 1.86. The number of aliphatic hydroxyl groups is 1. The van der Waals surface area contributed by atoms with E-state index in [2.05, 4.69) is 10.4 Å². The van der Waals surface area contributed by atoms with E-state index in [-0.39, 0.29) is 30.2 Å². The summed E-state index contributed by atoms with van der Waals surface area (Å²) in [6, 6.07) is -0.242. The zero-order chi connectivity index (χ0) is 14.7. The van der Waals surface area contributed by atoms with E-state index in [1.807, 2.05) is 27.7 Å². The van der Waals surface area contributed by atoms with E-state index >= 15 is 0 Å². The molecule has 1 aromatic rings. The molecule has 0 aliphatic rings. The summed E-state index contributed by atoms with van der Waals surface area (Å²) in [5, 5.41) is 27.8. The van der Waals surface area contributed by atoms with E-state index in [9.17, 15) is 15.2 Å². The van der Waals surface area contributed by atoms with Gasteiger partial charge in [-0.25, -0.2) is 4.68 Å². The third-order valence-corrected chi connectivity index (χ3v) is 3.10. The van der Waals surface area contributed by atoms with E-state index in [1.165, 1.54) is 4.68 Å². The number of hydrogen-bond donors (Lipinski definition) is 2. The lowest BCUT2D eigenvalue weighted by atomic mass is 10.1. The Morgan fingerprint density at radius 1 is 1.42 bits per heavy atom. The second-order valence-corrected chi connectivity index (χ2v) is 5.30. The number of aromatic nitrogens is 2. The number of aryl methyl sites for hydroxylation is 1. The van der Waals surface area contributed by atoms with Crippen molar-refractivity contribution >= 4 is 11.5 Å². The lowest BCUT2D eigenvalue weighted by Gasteiger charge is -2.20. The normalized spacial score (nSPS) is 13.1. The molecular formula is C12H22N4O3. The van der Waals surface area contributed by atoms with Gasteiger partial charge >= 0.3 is 5.69 Å². The van der Waals surface area contributed by atoms with Crippen LogP contribution in [0.1, 0.15) is 39.3 Å². The Morgan fingerprint density at radius 3 is 2.37 bits per heavy atom. The molecule has 0 aliphatic heterocycles. The first-order valence-corrected chi connectivity index (χ1v) is 6.38. The van der Waals surface area contributed by atoms with Crippen molar-refractivity contribution in [1.82, 2.24) is 9.78 Å². The predicted octanol–water partition coefficient (Wildman–Crippen LogP) is 1.88. The molecular weight excluding hydrogens is 248 g/mol. The van der Waals surface area contributed by atoms with Gasteiger partial charge in [0, 0.05) is 13.0 Å². The van der Waals surface area contributed by atoms with Crippen molar-refractivity contribution in [1.29, 1.82) is 0 Å². The Bertz CT molecular complexity index is 454. The van der Waals surface area contributed by atoms with E-state index in [1.54, 1.807) is 7.05 Å². The monoisotopic (exact) mass is 270 g/mol. The molecule has 1 rings (SSSR count). The van der Waals surface area contributed by atoms with Crippen LogP contribution >= 0.6 is 0 Å². The quantitative estimate of drug-likeness (QED) is 0.608. The first kappa shape index (κ1) is 15.4. The Hall–Kier alpha value is -1.63. The Morgan fingerprint density at radius 2 is 2.00 bits per heavy atom. The van der Waals surface area contributed by atoms with Crippen molar-refractivity contribution in [2.75, 3.05) is 11.9 Å². The van der Waals surface area contributed by atoms with Crippen LogP contribution < -0.4 is 5.32 Å². The van der Waals surface area contributed by atoms with Crippen LogP contribution in [0.3, 0.4) is 0 Å². The van der Waals surface area contributed by atoms with E-state index in [4.69, 9.17) is 0 Å². The molecule has 0 bridgehead atoms. The molecule has 7 heteroatoms. The molecule has 0 aliphatic carbocycles. The number of aliphatic hydroxyl groups excluding tert-OH is 1. The molecule has 0 fully saturated rings. The van der Waals surface area contributed by atoms with Gasteiger partial charge in [-0.05, 0) is 5.92 Å². The molecule has 1 heterocycles. The minimum Gasteiger partial charge on any atom is -0.394 e. The summed E-state index contributed by atoms with van der Waals surface area (Å²) in [5.74, 6) is 0.470. The topological polar surface area (TPSA) is 93.2 Å². The van der Waals surface area contributed by atoms with Crippen LogP contribution in [0.4, 0.5) is 11.5 Å². The lowest BCUT2D eigenvalue weighted by molar-refractivity contribution is -0.384. The molecule has 0 unspecified atom stereocenters. The number of rotatable bonds is 6. The van der Waals surface area contributed by atoms with Crippen LogP contribution in [0.5, 0.6) is 0 Å². The highest BCUT2D eigenvalue weighted by Crippen LogP contribution is 2.33. The van der Waals surface area contributed by atoms with Crippen molar-refractivity contribution in [2.45, 2.75) is 39.7 Å². The van der Waals surface area contributed by atoms with E-state index in [0.29, 0.717) is 11.5 Å². The second kappa shape index (κ2) is 6.01. The van der Waals surface area contributed by atoms with Crippen molar-refractivity contribution < 1.29 is 10.0 Å². The van der Waals surface area contributed by atoms with Gasteiger partial charge in [-0.15, -0.1) is 0 Å². The van der Waals surface area contributed by atoms with E-state index < -0.39 is 4.92 Å². The summed E-state index contributed by atoms with van der Waals surface area (Å²) in [7, 11) is 1.66. The molecule has 19 heavy (non-hydrogen) atoms. The predicted molar refractivity (Wildman–Crippen MR) is 73.3 cm³/mol. The molecule has 0 saturated heterocycles.